The summed E-state index contributed by atoms with van der Waals surface area (Å²) in [5.41, 5.74) is 2.16. The Morgan fingerprint density at radius 1 is 1.33 bits per heavy atom. The van der Waals surface area contributed by atoms with Gasteiger partial charge in [0.05, 0.1) is 12.3 Å². The summed E-state index contributed by atoms with van der Waals surface area (Å²) < 4.78 is 0.771. The molecule has 0 radical (unpaired) electrons. The van der Waals surface area contributed by atoms with Crippen molar-refractivity contribution in [3.8, 4) is 0 Å². The highest BCUT2D eigenvalue weighted by Gasteiger charge is 2.15. The van der Waals surface area contributed by atoms with Gasteiger partial charge in [-0.25, -0.2) is 0 Å². The first-order chi connectivity index (χ1) is 13.1. The number of hydrogen-bond donors (Lipinski definition) is 1. The fourth-order valence-electron chi connectivity index (χ4n) is 2.38. The molecule has 1 amide bonds. The van der Waals surface area contributed by atoms with E-state index in [1.807, 2.05) is 42.6 Å². The summed E-state index contributed by atoms with van der Waals surface area (Å²) in [5.74, 6) is 0.398. The summed E-state index contributed by atoms with van der Waals surface area (Å²) in [7, 11) is 0. The Labute approximate surface area is 171 Å². The van der Waals surface area contributed by atoms with Crippen LogP contribution in [0.3, 0.4) is 0 Å². The predicted molar refractivity (Wildman–Crippen MR) is 115 cm³/mol. The molecule has 27 heavy (non-hydrogen) atoms. The molecule has 5 nitrogen and oxygen atoms in total. The van der Waals surface area contributed by atoms with E-state index in [0.29, 0.717) is 18.8 Å². The van der Waals surface area contributed by atoms with Crippen LogP contribution in [-0.2, 0) is 11.3 Å². The minimum atomic E-state index is 0.0664. The molecule has 0 saturated carbocycles. The number of aryl methyl sites for hydroxylation is 1. The van der Waals surface area contributed by atoms with Crippen molar-refractivity contribution in [3.63, 3.8) is 0 Å². The third-order valence-electron chi connectivity index (χ3n) is 3.62. The van der Waals surface area contributed by atoms with Gasteiger partial charge >= 0.3 is 0 Å². The van der Waals surface area contributed by atoms with Gasteiger partial charge in [0.2, 0.25) is 11.0 Å². The molecule has 2 heterocycles. The molecular weight excluding hydrogens is 396 g/mol. The van der Waals surface area contributed by atoms with Crippen molar-refractivity contribution in [1.29, 1.82) is 0 Å². The van der Waals surface area contributed by atoms with E-state index in [4.69, 9.17) is 0 Å². The van der Waals surface area contributed by atoms with Crippen molar-refractivity contribution < 1.29 is 4.79 Å². The van der Waals surface area contributed by atoms with Gasteiger partial charge in [-0.15, -0.1) is 28.1 Å². The van der Waals surface area contributed by atoms with Gasteiger partial charge in [-0.3, -0.25) is 4.79 Å². The third kappa shape index (κ3) is 5.92. The largest absolute Gasteiger partial charge is 0.333 e. The van der Waals surface area contributed by atoms with E-state index < -0.39 is 0 Å². The van der Waals surface area contributed by atoms with Gasteiger partial charge in [-0.05, 0) is 36.1 Å². The maximum absolute atomic E-state index is 12.6. The number of rotatable bonds is 9. The Hall–Kier alpha value is -2.16. The Balaban J connectivity index is 1.55. The molecular formula is C19H20N4OS3. The van der Waals surface area contributed by atoms with Crippen LogP contribution in [0.4, 0.5) is 10.8 Å². The number of thiophene rings is 1. The molecule has 1 aromatic carbocycles. The quantitative estimate of drug-likeness (QED) is 0.395. The molecule has 0 aliphatic heterocycles. The van der Waals surface area contributed by atoms with E-state index in [9.17, 15) is 4.79 Å². The summed E-state index contributed by atoms with van der Waals surface area (Å²) >= 11 is 4.51. The number of nitrogens with zero attached hydrogens (tertiary/aromatic N) is 3. The smallest absolute Gasteiger partial charge is 0.233 e. The molecule has 0 fully saturated rings. The highest BCUT2D eigenvalue weighted by molar-refractivity contribution is 8.01. The number of carbonyl (C=O) groups is 1. The molecule has 0 unspecified atom stereocenters. The number of aromatic nitrogens is 2. The van der Waals surface area contributed by atoms with Crippen LogP contribution in [0.15, 0.2) is 58.8 Å². The topological polar surface area (TPSA) is 58.1 Å². The molecule has 140 valence electrons. The second-order valence-electron chi connectivity index (χ2n) is 5.80. The zero-order valence-electron chi connectivity index (χ0n) is 14.9. The monoisotopic (exact) mass is 416 g/mol. The maximum Gasteiger partial charge on any atom is 0.233 e. The van der Waals surface area contributed by atoms with Gasteiger partial charge in [0.1, 0.15) is 0 Å². The molecule has 8 heteroatoms. The number of hydrogen-bond acceptors (Lipinski definition) is 7. The average Bonchev–Trinajstić information content (AvgIpc) is 3.31. The molecule has 3 rings (SSSR count). The number of amides is 1. The SMILES string of the molecule is C=CCN(Cc1cccs1)C(=O)CSc1nnc(Nc2cccc(C)c2)s1. The van der Waals surface area contributed by atoms with E-state index in [1.54, 1.807) is 22.3 Å². The van der Waals surface area contributed by atoms with E-state index in [1.165, 1.54) is 28.7 Å². The molecule has 0 aliphatic rings. The van der Waals surface area contributed by atoms with Crippen molar-refractivity contribution in [2.24, 2.45) is 0 Å². The summed E-state index contributed by atoms with van der Waals surface area (Å²) in [5, 5.41) is 14.3. The normalized spacial score (nSPS) is 10.6. The number of thioether (sulfide) groups is 1. The van der Waals surface area contributed by atoms with Crippen molar-refractivity contribution >= 4 is 51.2 Å². The first-order valence-electron chi connectivity index (χ1n) is 8.35. The van der Waals surface area contributed by atoms with E-state index >= 15 is 0 Å². The number of benzene rings is 1. The molecule has 0 spiro atoms. The van der Waals surface area contributed by atoms with E-state index in [0.717, 1.165) is 20.0 Å². The van der Waals surface area contributed by atoms with Crippen LogP contribution < -0.4 is 5.32 Å². The minimum Gasteiger partial charge on any atom is -0.333 e. The van der Waals surface area contributed by atoms with Crippen LogP contribution in [0.2, 0.25) is 0 Å². The molecule has 3 aromatic rings. The lowest BCUT2D eigenvalue weighted by molar-refractivity contribution is -0.128. The maximum atomic E-state index is 12.6. The molecule has 2 aromatic heterocycles. The average molecular weight is 417 g/mol. The van der Waals surface area contributed by atoms with Gasteiger partial charge in [0.25, 0.3) is 0 Å². The Kier molecular flexibility index (Phi) is 7.03. The zero-order valence-corrected chi connectivity index (χ0v) is 17.4. The third-order valence-corrected chi connectivity index (χ3v) is 6.44. The van der Waals surface area contributed by atoms with Crippen LogP contribution in [-0.4, -0.2) is 33.3 Å². The van der Waals surface area contributed by atoms with Crippen molar-refractivity contribution in [3.05, 3.63) is 64.9 Å². The van der Waals surface area contributed by atoms with Gasteiger partial charge < -0.3 is 10.2 Å². The fourth-order valence-corrected chi connectivity index (χ4v) is 4.78. The Morgan fingerprint density at radius 3 is 2.96 bits per heavy atom. The number of carbonyl (C=O) groups excluding carboxylic acids is 1. The zero-order chi connectivity index (χ0) is 19.1. The minimum absolute atomic E-state index is 0.0664. The molecule has 0 aliphatic carbocycles. The fraction of sp³-hybridized carbons (Fsp3) is 0.211. The molecule has 1 N–H and O–H groups in total. The first kappa shape index (κ1) is 19.6. The summed E-state index contributed by atoms with van der Waals surface area (Å²) in [6.07, 6.45) is 1.75. The van der Waals surface area contributed by atoms with Gasteiger partial charge in [0, 0.05) is 17.1 Å². The lowest BCUT2D eigenvalue weighted by Gasteiger charge is -2.19. The van der Waals surface area contributed by atoms with Crippen LogP contribution in [0, 0.1) is 6.92 Å². The van der Waals surface area contributed by atoms with Gasteiger partial charge in [-0.2, -0.15) is 0 Å². The summed E-state index contributed by atoms with van der Waals surface area (Å²) in [6, 6.07) is 12.1. The summed E-state index contributed by atoms with van der Waals surface area (Å²) in [4.78, 5) is 15.5. The van der Waals surface area contributed by atoms with Crippen molar-refractivity contribution in [2.45, 2.75) is 17.8 Å². The number of nitrogens with one attached hydrogen (secondary N) is 1. The van der Waals surface area contributed by atoms with Gasteiger partial charge in [-0.1, -0.05) is 47.4 Å². The van der Waals surface area contributed by atoms with Crippen molar-refractivity contribution in [2.75, 3.05) is 17.6 Å². The second kappa shape index (κ2) is 9.68. The number of anilines is 2. The first-order valence-corrected chi connectivity index (χ1v) is 11.0. The predicted octanol–water partition coefficient (Wildman–Crippen LogP) is 4.96. The molecule has 0 bridgehead atoms. The lowest BCUT2D eigenvalue weighted by atomic mass is 10.2. The lowest BCUT2D eigenvalue weighted by Crippen LogP contribution is -2.31. The van der Waals surface area contributed by atoms with Crippen LogP contribution in [0.25, 0.3) is 0 Å². The van der Waals surface area contributed by atoms with Crippen LogP contribution in [0.1, 0.15) is 10.4 Å². The molecule has 0 atom stereocenters. The van der Waals surface area contributed by atoms with Gasteiger partial charge in [0.15, 0.2) is 4.34 Å². The summed E-state index contributed by atoms with van der Waals surface area (Å²) in [6.45, 7) is 6.94. The van der Waals surface area contributed by atoms with E-state index in [-0.39, 0.29) is 5.91 Å². The standard InChI is InChI=1S/C19H20N4OS3/c1-3-9-23(12-16-8-5-10-25-16)17(24)13-26-19-22-21-18(27-19)20-15-7-4-6-14(2)11-15/h3-8,10-11H,1,9,12-13H2,2H3,(H,20,21). The van der Waals surface area contributed by atoms with Crippen molar-refractivity contribution in [1.82, 2.24) is 15.1 Å². The second-order valence-corrected chi connectivity index (χ2v) is 9.03. The molecule has 0 saturated heterocycles. The van der Waals surface area contributed by atoms with Crippen LogP contribution >= 0.6 is 34.4 Å². The highest BCUT2D eigenvalue weighted by atomic mass is 32.2. The van der Waals surface area contributed by atoms with E-state index in [2.05, 4.69) is 28.2 Å². The Morgan fingerprint density at radius 2 is 2.22 bits per heavy atom. The highest BCUT2D eigenvalue weighted by Crippen LogP contribution is 2.28. The Bertz CT molecular complexity index is 892. The van der Waals surface area contributed by atoms with Crippen LogP contribution in [0.5, 0.6) is 0 Å².